The van der Waals surface area contributed by atoms with Gasteiger partial charge in [0.2, 0.25) is 0 Å². The summed E-state index contributed by atoms with van der Waals surface area (Å²) >= 11 is 0. The van der Waals surface area contributed by atoms with E-state index in [4.69, 9.17) is 19.4 Å². The van der Waals surface area contributed by atoms with Crippen LogP contribution in [0.3, 0.4) is 0 Å². The van der Waals surface area contributed by atoms with E-state index in [1.165, 1.54) is 38.2 Å². The molecule has 272 valence electrons. The van der Waals surface area contributed by atoms with Gasteiger partial charge in [-0.05, 0) is 84.8 Å². The van der Waals surface area contributed by atoms with Crippen LogP contribution in [-0.2, 0) is 6.42 Å². The van der Waals surface area contributed by atoms with Gasteiger partial charge in [0.05, 0.1) is 0 Å². The molecule has 0 amide bonds. The zero-order valence-electron chi connectivity index (χ0n) is 31.5. The van der Waals surface area contributed by atoms with Crippen molar-refractivity contribution in [3.63, 3.8) is 0 Å². The lowest BCUT2D eigenvalue weighted by molar-refractivity contribution is 0.668. The summed E-state index contributed by atoms with van der Waals surface area (Å²) in [6.45, 7) is 0. The van der Waals surface area contributed by atoms with Crippen molar-refractivity contribution in [1.29, 1.82) is 0 Å². The number of hydrogen-bond donors (Lipinski definition) is 0. The van der Waals surface area contributed by atoms with Gasteiger partial charge in [0.15, 0.2) is 11.6 Å². The number of hydrogen-bond acceptors (Lipinski definition) is 4. The molecule has 0 bridgehead atoms. The summed E-state index contributed by atoms with van der Waals surface area (Å²) in [5.41, 5.74) is 11.7. The molecule has 0 spiro atoms. The molecule has 58 heavy (non-hydrogen) atoms. The van der Waals surface area contributed by atoms with Gasteiger partial charge in [-0.3, -0.25) is 0 Å². The summed E-state index contributed by atoms with van der Waals surface area (Å²) < 4.78 is 6.45. The van der Waals surface area contributed by atoms with Crippen LogP contribution in [-0.4, -0.2) is 15.0 Å². The number of aromatic nitrogens is 3. The predicted octanol–water partition coefficient (Wildman–Crippen LogP) is 14.0. The van der Waals surface area contributed by atoms with Crippen molar-refractivity contribution in [3.8, 4) is 56.2 Å². The van der Waals surface area contributed by atoms with E-state index in [9.17, 15) is 0 Å². The minimum Gasteiger partial charge on any atom is -0.456 e. The largest absolute Gasteiger partial charge is 0.456 e. The van der Waals surface area contributed by atoms with E-state index in [-0.39, 0.29) is 0 Å². The number of benzene rings is 9. The van der Waals surface area contributed by atoms with E-state index >= 15 is 0 Å². The molecule has 0 atom stereocenters. The number of furan rings is 1. The van der Waals surface area contributed by atoms with Gasteiger partial charge < -0.3 is 4.42 Å². The second-order valence-electron chi connectivity index (χ2n) is 14.8. The monoisotopic (exact) mass is 741 g/mol. The first-order valence-corrected chi connectivity index (χ1v) is 19.6. The lowest BCUT2D eigenvalue weighted by Gasteiger charge is -2.10. The van der Waals surface area contributed by atoms with Gasteiger partial charge in [0, 0.05) is 28.3 Å². The Hall–Kier alpha value is -7.69. The second-order valence-corrected chi connectivity index (χ2v) is 14.8. The van der Waals surface area contributed by atoms with Crippen LogP contribution in [0, 0.1) is 0 Å². The molecule has 0 fully saturated rings. The van der Waals surface area contributed by atoms with Crippen LogP contribution < -0.4 is 0 Å². The Morgan fingerprint density at radius 1 is 0.328 bits per heavy atom. The fraction of sp³-hybridized carbons (Fsp3) is 0.0185. The molecule has 0 aliphatic carbocycles. The zero-order valence-corrected chi connectivity index (χ0v) is 31.5. The summed E-state index contributed by atoms with van der Waals surface area (Å²) in [5, 5.41) is 7.16. The van der Waals surface area contributed by atoms with Crippen molar-refractivity contribution < 1.29 is 4.42 Å². The molecule has 0 N–H and O–H groups in total. The van der Waals surface area contributed by atoms with Gasteiger partial charge in [0.25, 0.3) is 0 Å². The average molecular weight is 742 g/mol. The maximum absolute atomic E-state index is 6.45. The smallest absolute Gasteiger partial charge is 0.163 e. The highest BCUT2D eigenvalue weighted by molar-refractivity contribution is 6.10. The van der Waals surface area contributed by atoms with Crippen LogP contribution >= 0.6 is 0 Å². The Balaban J connectivity index is 0.955. The Kier molecular flexibility index (Phi) is 8.18. The molecule has 0 aliphatic rings. The van der Waals surface area contributed by atoms with E-state index < -0.39 is 0 Å². The van der Waals surface area contributed by atoms with Crippen LogP contribution in [0.4, 0.5) is 0 Å². The van der Waals surface area contributed by atoms with Gasteiger partial charge in [-0.2, -0.15) is 0 Å². The van der Waals surface area contributed by atoms with Crippen molar-refractivity contribution in [2.45, 2.75) is 6.42 Å². The number of rotatable bonds is 7. The summed E-state index contributed by atoms with van der Waals surface area (Å²) in [6, 6.07) is 70.3. The molecule has 2 heterocycles. The molecule has 0 unspecified atom stereocenters. The van der Waals surface area contributed by atoms with E-state index in [0.29, 0.717) is 23.9 Å². The Morgan fingerprint density at radius 2 is 0.862 bits per heavy atom. The SMILES string of the molecule is c1ccc(-c2ccc(-c3ccc(-c4nc(Cc5cccc6oc7ccc(-c8ccc9c(ccc%10ccccc%109)c8)cc7c56)nc(-c5ccccc5)n4)cc3)cc2)cc1. The zero-order chi connectivity index (χ0) is 38.4. The normalized spacial score (nSPS) is 11.5. The molecule has 11 aromatic rings. The standard InChI is InChI=1S/C54H35N3O/c1-3-10-35(11-4-1)36-18-20-37(21-19-36)38-22-25-41(26-23-38)54-56-51(55-53(57-54)40-13-5-2-6-14-40)34-45-15-9-17-50-52(45)48-33-43(29-31-49(48)58-50)42-28-30-47-44(32-42)27-24-39-12-7-8-16-46(39)47/h1-33H,34H2. The van der Waals surface area contributed by atoms with Gasteiger partial charge in [-0.15, -0.1) is 0 Å². The van der Waals surface area contributed by atoms with Crippen molar-refractivity contribution >= 4 is 43.5 Å². The Bertz CT molecular complexity index is 3280. The summed E-state index contributed by atoms with van der Waals surface area (Å²) in [4.78, 5) is 15.2. The van der Waals surface area contributed by atoms with Gasteiger partial charge >= 0.3 is 0 Å². The highest BCUT2D eigenvalue weighted by atomic mass is 16.3. The summed E-state index contributed by atoms with van der Waals surface area (Å²) in [5.74, 6) is 1.99. The maximum atomic E-state index is 6.45. The molecule has 9 aromatic carbocycles. The quantitative estimate of drug-likeness (QED) is 0.153. The third kappa shape index (κ3) is 6.18. The van der Waals surface area contributed by atoms with Crippen molar-refractivity contribution in [2.24, 2.45) is 0 Å². The molecule has 2 aromatic heterocycles. The van der Waals surface area contributed by atoms with Gasteiger partial charge in [-0.25, -0.2) is 15.0 Å². The molecule has 0 radical (unpaired) electrons. The molecule has 11 rings (SSSR count). The topological polar surface area (TPSA) is 51.8 Å². The highest BCUT2D eigenvalue weighted by Gasteiger charge is 2.17. The van der Waals surface area contributed by atoms with Crippen LogP contribution in [0.1, 0.15) is 11.4 Å². The molecular weight excluding hydrogens is 707 g/mol. The molecule has 0 aliphatic heterocycles. The highest BCUT2D eigenvalue weighted by Crippen LogP contribution is 2.37. The Labute approximate surface area is 335 Å². The van der Waals surface area contributed by atoms with Crippen molar-refractivity contribution in [1.82, 2.24) is 15.0 Å². The van der Waals surface area contributed by atoms with E-state index in [1.807, 2.05) is 42.5 Å². The van der Waals surface area contributed by atoms with Crippen LogP contribution in [0.5, 0.6) is 0 Å². The first kappa shape index (κ1) is 33.6. The molecule has 0 saturated carbocycles. The van der Waals surface area contributed by atoms with Crippen molar-refractivity contribution in [2.75, 3.05) is 0 Å². The van der Waals surface area contributed by atoms with E-state index in [2.05, 4.69) is 158 Å². The molecule has 0 saturated heterocycles. The summed E-state index contributed by atoms with van der Waals surface area (Å²) in [7, 11) is 0. The van der Waals surface area contributed by atoms with E-state index in [1.54, 1.807) is 0 Å². The second kappa shape index (κ2) is 14.1. The first-order chi connectivity index (χ1) is 28.7. The van der Waals surface area contributed by atoms with Crippen LogP contribution in [0.2, 0.25) is 0 Å². The minimum atomic E-state index is 0.514. The molecular formula is C54H35N3O. The third-order valence-corrected chi connectivity index (χ3v) is 11.2. The fourth-order valence-electron chi connectivity index (χ4n) is 8.23. The van der Waals surface area contributed by atoms with Crippen LogP contribution in [0.15, 0.2) is 205 Å². The van der Waals surface area contributed by atoms with Gasteiger partial charge in [-0.1, -0.05) is 176 Å². The lowest BCUT2D eigenvalue weighted by atomic mass is 9.96. The first-order valence-electron chi connectivity index (χ1n) is 19.6. The Morgan fingerprint density at radius 3 is 1.59 bits per heavy atom. The van der Waals surface area contributed by atoms with Gasteiger partial charge in [0.1, 0.15) is 17.0 Å². The number of fused-ring (bicyclic) bond motifs is 6. The summed E-state index contributed by atoms with van der Waals surface area (Å²) in [6.07, 6.45) is 0.514. The predicted molar refractivity (Wildman–Crippen MR) is 239 cm³/mol. The maximum Gasteiger partial charge on any atom is 0.163 e. The van der Waals surface area contributed by atoms with E-state index in [0.717, 1.165) is 55.3 Å². The fourth-order valence-corrected chi connectivity index (χ4v) is 8.23. The molecule has 4 heteroatoms. The third-order valence-electron chi connectivity index (χ3n) is 11.2. The lowest BCUT2D eigenvalue weighted by Crippen LogP contribution is -2.04. The minimum absolute atomic E-state index is 0.514. The molecule has 4 nitrogen and oxygen atoms in total. The number of nitrogens with zero attached hydrogens (tertiary/aromatic N) is 3. The van der Waals surface area contributed by atoms with Crippen LogP contribution in [0.25, 0.3) is 99.6 Å². The average Bonchev–Trinajstić information content (AvgIpc) is 3.68. The van der Waals surface area contributed by atoms with Crippen molar-refractivity contribution in [3.05, 3.63) is 212 Å².